The van der Waals surface area contributed by atoms with Gasteiger partial charge < -0.3 is 25.7 Å². The van der Waals surface area contributed by atoms with Gasteiger partial charge in [0.2, 0.25) is 5.91 Å². The van der Waals surface area contributed by atoms with Crippen LogP contribution in [-0.2, 0) is 18.4 Å². The molecule has 1 fully saturated rings. The summed E-state index contributed by atoms with van der Waals surface area (Å²) in [5.41, 5.74) is 4.37. The van der Waals surface area contributed by atoms with Crippen LogP contribution in [0.25, 0.3) is 22.3 Å². The summed E-state index contributed by atoms with van der Waals surface area (Å²) in [5, 5.41) is 9.00. The summed E-state index contributed by atoms with van der Waals surface area (Å²) < 4.78 is 21.9. The molecule has 5 rings (SSSR count). The third-order valence-corrected chi connectivity index (χ3v) is 8.37. The fourth-order valence-corrected chi connectivity index (χ4v) is 5.72. The Morgan fingerprint density at radius 1 is 1.04 bits per heavy atom. The van der Waals surface area contributed by atoms with E-state index in [2.05, 4.69) is 20.9 Å². The number of anilines is 1. The van der Waals surface area contributed by atoms with Gasteiger partial charge in [-0.2, -0.15) is 0 Å². The largest absolute Gasteiger partial charge is 0.496 e. The van der Waals surface area contributed by atoms with Crippen molar-refractivity contribution in [1.29, 1.82) is 0 Å². The molecule has 0 radical (unpaired) electrons. The Balaban J connectivity index is 1.39. The van der Waals surface area contributed by atoms with Crippen LogP contribution in [0.1, 0.15) is 46.3 Å². The molecule has 11 heteroatoms. The first-order chi connectivity index (χ1) is 21.6. The Morgan fingerprint density at radius 3 is 2.47 bits per heavy atom. The zero-order valence-electron chi connectivity index (χ0n) is 25.7. The highest BCUT2D eigenvalue weighted by Gasteiger charge is 2.21. The van der Waals surface area contributed by atoms with Gasteiger partial charge >= 0.3 is 5.69 Å². The smallest absolute Gasteiger partial charge is 0.328 e. The number of rotatable bonds is 10. The highest BCUT2D eigenvalue weighted by atomic mass is 19.1. The fourth-order valence-electron chi connectivity index (χ4n) is 5.72. The van der Waals surface area contributed by atoms with Crippen molar-refractivity contribution in [1.82, 2.24) is 20.2 Å². The molecule has 45 heavy (non-hydrogen) atoms. The number of aromatic nitrogens is 2. The molecule has 1 saturated heterocycles. The van der Waals surface area contributed by atoms with E-state index in [9.17, 15) is 19.2 Å². The molecule has 1 atom stereocenters. The molecule has 2 heterocycles. The van der Waals surface area contributed by atoms with Crippen molar-refractivity contribution in [3.05, 3.63) is 104 Å². The third kappa shape index (κ3) is 6.58. The molecule has 0 bridgehead atoms. The maximum absolute atomic E-state index is 15.5. The monoisotopic (exact) mass is 613 g/mol. The van der Waals surface area contributed by atoms with Crippen molar-refractivity contribution in [3.63, 3.8) is 0 Å². The van der Waals surface area contributed by atoms with Gasteiger partial charge in [0, 0.05) is 43.5 Å². The van der Waals surface area contributed by atoms with Crippen LogP contribution >= 0.6 is 0 Å². The number of methoxy groups -OCH3 is 1. The van der Waals surface area contributed by atoms with Crippen molar-refractivity contribution in [2.45, 2.75) is 45.7 Å². The minimum Gasteiger partial charge on any atom is -0.496 e. The molecule has 2 amide bonds. The second-order valence-corrected chi connectivity index (χ2v) is 11.2. The predicted molar refractivity (Wildman–Crippen MR) is 171 cm³/mol. The van der Waals surface area contributed by atoms with E-state index in [1.807, 2.05) is 44.2 Å². The van der Waals surface area contributed by atoms with Crippen LogP contribution in [-0.4, -0.2) is 41.1 Å². The molecule has 4 N–H and O–H groups in total. The molecule has 234 valence electrons. The van der Waals surface area contributed by atoms with E-state index in [0.717, 1.165) is 51.4 Å². The highest BCUT2D eigenvalue weighted by Crippen LogP contribution is 2.37. The first kappa shape index (κ1) is 31.4. The molecule has 0 spiro atoms. The second-order valence-electron chi connectivity index (χ2n) is 11.2. The van der Waals surface area contributed by atoms with Crippen LogP contribution in [0.4, 0.5) is 10.1 Å². The molecule has 1 aliphatic heterocycles. The van der Waals surface area contributed by atoms with E-state index in [-0.39, 0.29) is 29.9 Å². The molecule has 1 aromatic heterocycles. The minimum absolute atomic E-state index is 0.0770. The number of benzene rings is 3. The van der Waals surface area contributed by atoms with Gasteiger partial charge in [-0.05, 0) is 84.8 Å². The van der Waals surface area contributed by atoms with Gasteiger partial charge in [0.1, 0.15) is 17.1 Å². The third-order valence-electron chi connectivity index (χ3n) is 8.37. The summed E-state index contributed by atoms with van der Waals surface area (Å²) in [6.45, 7) is 4.75. The number of carbonyl (C=O) groups is 2. The molecule has 1 aliphatic rings. The Kier molecular flexibility index (Phi) is 9.29. The van der Waals surface area contributed by atoms with Crippen LogP contribution in [0.2, 0.25) is 0 Å². The average Bonchev–Trinajstić information content (AvgIpc) is 3.44. The van der Waals surface area contributed by atoms with E-state index in [1.54, 1.807) is 12.1 Å². The van der Waals surface area contributed by atoms with E-state index >= 15 is 4.39 Å². The number of H-pyrrole nitrogens is 1. The molecule has 4 aromatic rings. The first-order valence-electron chi connectivity index (χ1n) is 14.8. The maximum atomic E-state index is 15.5. The standard InChI is InChI=1S/C34H36FN5O5/c1-19-23(21-15-28(35)26(30(16-21)45-4)17-36-14-13-22-11-12-31(41)38-22)7-5-8-24(19)25-9-6-10-29(20(25)2)39-32(42)27-18-37-34(44)40(3)33(27)43/h5-10,15-16,18,22,36H,11-14,17H2,1-4H3,(H,37,44)(H,38,41)(H,39,42)/t22-/m0/s1. The zero-order valence-corrected chi connectivity index (χ0v) is 25.7. The quantitative estimate of drug-likeness (QED) is 0.198. The molecule has 3 aromatic carbocycles. The van der Waals surface area contributed by atoms with Crippen molar-refractivity contribution < 1.29 is 18.7 Å². The van der Waals surface area contributed by atoms with Crippen LogP contribution in [0.5, 0.6) is 5.75 Å². The van der Waals surface area contributed by atoms with Crippen molar-refractivity contribution in [3.8, 4) is 28.0 Å². The number of amides is 2. The van der Waals surface area contributed by atoms with Crippen LogP contribution < -0.4 is 31.9 Å². The van der Waals surface area contributed by atoms with Gasteiger partial charge in [-0.1, -0.05) is 30.3 Å². The molecular weight excluding hydrogens is 577 g/mol. The van der Waals surface area contributed by atoms with Gasteiger partial charge in [0.05, 0.1) is 7.11 Å². The summed E-state index contributed by atoms with van der Waals surface area (Å²) in [5.74, 6) is -0.510. The highest BCUT2D eigenvalue weighted by molar-refractivity contribution is 6.04. The first-order valence-corrected chi connectivity index (χ1v) is 14.8. The number of hydrogen-bond acceptors (Lipinski definition) is 6. The summed E-state index contributed by atoms with van der Waals surface area (Å²) in [7, 11) is 2.82. The number of halogens is 1. The van der Waals surface area contributed by atoms with Crippen LogP contribution in [0.3, 0.4) is 0 Å². The van der Waals surface area contributed by atoms with E-state index in [4.69, 9.17) is 4.74 Å². The normalized spacial score (nSPS) is 14.3. The van der Waals surface area contributed by atoms with Gasteiger partial charge in [0.25, 0.3) is 11.5 Å². The number of carbonyl (C=O) groups excluding carboxylic acids is 2. The Morgan fingerprint density at radius 2 is 1.76 bits per heavy atom. The second kappa shape index (κ2) is 13.3. The predicted octanol–water partition coefficient (Wildman–Crippen LogP) is 4.18. The minimum atomic E-state index is -0.697. The lowest BCUT2D eigenvalue weighted by molar-refractivity contribution is -0.119. The number of ether oxygens (including phenoxy) is 1. The van der Waals surface area contributed by atoms with E-state index in [1.165, 1.54) is 20.2 Å². The summed E-state index contributed by atoms with van der Waals surface area (Å²) in [4.78, 5) is 50.9. The molecule has 0 aliphatic carbocycles. The molecule has 0 saturated carbocycles. The van der Waals surface area contributed by atoms with E-state index < -0.39 is 17.2 Å². The Hall–Kier alpha value is -5.03. The van der Waals surface area contributed by atoms with Crippen LogP contribution in [0, 0.1) is 19.7 Å². The van der Waals surface area contributed by atoms with Gasteiger partial charge in [-0.15, -0.1) is 0 Å². The molecular formula is C34H36FN5O5. The van der Waals surface area contributed by atoms with Crippen molar-refractivity contribution in [2.75, 3.05) is 19.0 Å². The van der Waals surface area contributed by atoms with Gasteiger partial charge in [0.15, 0.2) is 0 Å². The lowest BCUT2D eigenvalue weighted by Gasteiger charge is -2.18. The molecule has 0 unspecified atom stereocenters. The van der Waals surface area contributed by atoms with Gasteiger partial charge in [-0.3, -0.25) is 19.0 Å². The van der Waals surface area contributed by atoms with Crippen molar-refractivity contribution >= 4 is 17.5 Å². The number of hydrogen-bond donors (Lipinski definition) is 4. The number of aromatic amines is 1. The topological polar surface area (TPSA) is 134 Å². The summed E-state index contributed by atoms with van der Waals surface area (Å²) >= 11 is 0. The Bertz CT molecular complexity index is 1900. The lowest BCUT2D eigenvalue weighted by atomic mass is 9.90. The molecule has 10 nitrogen and oxygen atoms in total. The SMILES string of the molecule is COc1cc(-c2cccc(-c3cccc(NC(=O)c4c[nH]c(=O)n(C)c4=O)c3C)c2C)cc(F)c1CNCC[C@@H]1CCC(=O)N1. The number of nitrogens with zero attached hydrogens (tertiary/aromatic N) is 1. The Labute approximate surface area is 259 Å². The maximum Gasteiger partial charge on any atom is 0.328 e. The van der Waals surface area contributed by atoms with Crippen LogP contribution in [0.15, 0.2) is 64.3 Å². The lowest BCUT2D eigenvalue weighted by Crippen LogP contribution is -2.37. The summed E-state index contributed by atoms with van der Waals surface area (Å²) in [6, 6.07) is 14.8. The van der Waals surface area contributed by atoms with E-state index in [0.29, 0.717) is 35.5 Å². The summed E-state index contributed by atoms with van der Waals surface area (Å²) in [6.07, 6.45) is 3.26. The zero-order chi connectivity index (χ0) is 32.2. The average molecular weight is 614 g/mol. The van der Waals surface area contributed by atoms with Gasteiger partial charge in [-0.25, -0.2) is 9.18 Å². The number of nitrogens with one attached hydrogen (secondary N) is 4. The fraction of sp³-hybridized carbons (Fsp3) is 0.294. The van der Waals surface area contributed by atoms with Crippen molar-refractivity contribution in [2.24, 2.45) is 7.05 Å².